The molecular formula is C21H21N3OS. The van der Waals surface area contributed by atoms with Crippen molar-refractivity contribution in [3.8, 4) is 5.69 Å². The lowest BCUT2D eigenvalue weighted by atomic mass is 10.1. The molecule has 1 aliphatic carbocycles. The maximum absolute atomic E-state index is 12.9. The molecule has 0 atom stereocenters. The van der Waals surface area contributed by atoms with Crippen LogP contribution in [-0.4, -0.2) is 21.9 Å². The quantitative estimate of drug-likeness (QED) is 0.680. The Morgan fingerprint density at radius 2 is 2.00 bits per heavy atom. The van der Waals surface area contributed by atoms with E-state index >= 15 is 0 Å². The Balaban J connectivity index is 1.62. The Bertz CT molecular complexity index is 916. The van der Waals surface area contributed by atoms with Crippen LogP contribution in [0.25, 0.3) is 5.69 Å². The van der Waals surface area contributed by atoms with E-state index in [1.165, 1.54) is 5.56 Å². The minimum atomic E-state index is -0.0876. The van der Waals surface area contributed by atoms with E-state index in [9.17, 15) is 4.79 Å². The Morgan fingerprint density at radius 1 is 1.19 bits per heavy atom. The molecule has 1 heterocycles. The molecule has 5 heteroatoms. The number of hydrogen-bond acceptors (Lipinski definition) is 3. The van der Waals surface area contributed by atoms with Gasteiger partial charge in [0.1, 0.15) is 0 Å². The highest BCUT2D eigenvalue weighted by atomic mass is 32.2. The van der Waals surface area contributed by atoms with Gasteiger partial charge in [-0.05, 0) is 48.9 Å². The van der Waals surface area contributed by atoms with Gasteiger partial charge in [0.25, 0.3) is 5.91 Å². The number of para-hydroxylation sites is 1. The average Bonchev–Trinajstić information content (AvgIpc) is 3.40. The number of benzene rings is 2. The molecule has 1 aliphatic rings. The van der Waals surface area contributed by atoms with E-state index in [1.807, 2.05) is 53.2 Å². The summed E-state index contributed by atoms with van der Waals surface area (Å²) in [6.45, 7) is 0. The largest absolute Gasteiger partial charge is 0.322 e. The fourth-order valence-electron chi connectivity index (χ4n) is 3.16. The Hall–Kier alpha value is -2.53. The number of hydrogen-bond donors (Lipinski definition) is 1. The smallest absolute Gasteiger partial charge is 0.259 e. The molecule has 132 valence electrons. The predicted molar refractivity (Wildman–Crippen MR) is 107 cm³/mol. The highest BCUT2D eigenvalue weighted by molar-refractivity contribution is 7.97. The first-order valence-electron chi connectivity index (χ1n) is 8.79. The van der Waals surface area contributed by atoms with Gasteiger partial charge in [-0.25, -0.2) is 4.68 Å². The summed E-state index contributed by atoms with van der Waals surface area (Å²) in [5.74, 6) is 1.26. The number of amides is 1. The lowest BCUT2D eigenvalue weighted by Crippen LogP contribution is -2.14. The second-order valence-corrected chi connectivity index (χ2v) is 7.42. The molecule has 0 unspecified atom stereocenters. The van der Waals surface area contributed by atoms with Gasteiger partial charge in [-0.3, -0.25) is 4.79 Å². The Morgan fingerprint density at radius 3 is 2.73 bits per heavy atom. The molecule has 0 bridgehead atoms. The van der Waals surface area contributed by atoms with Crippen LogP contribution in [0.3, 0.4) is 0 Å². The normalized spacial score (nSPS) is 13.6. The van der Waals surface area contributed by atoms with Crippen LogP contribution in [0.4, 0.5) is 5.69 Å². The van der Waals surface area contributed by atoms with Crippen molar-refractivity contribution >= 4 is 23.4 Å². The first kappa shape index (κ1) is 16.9. The van der Waals surface area contributed by atoms with E-state index < -0.39 is 0 Å². The fraction of sp³-hybridized carbons (Fsp3) is 0.238. The van der Waals surface area contributed by atoms with Crippen molar-refractivity contribution in [1.29, 1.82) is 0 Å². The molecule has 26 heavy (non-hydrogen) atoms. The van der Waals surface area contributed by atoms with Crippen LogP contribution in [0, 0.1) is 0 Å². The van der Waals surface area contributed by atoms with Crippen LogP contribution < -0.4 is 5.32 Å². The standard InChI is InChI=1S/C21H21N3OS/c1-26-14-15-6-5-7-17(12-15)23-21(25)19-13-22-24(20(19)16-10-11-16)18-8-3-2-4-9-18/h2-9,12-13,16H,10-11,14H2,1H3,(H,23,25). The van der Waals surface area contributed by atoms with Gasteiger partial charge in [-0.15, -0.1) is 0 Å². The van der Waals surface area contributed by atoms with Gasteiger partial charge in [-0.1, -0.05) is 30.3 Å². The molecule has 1 aromatic heterocycles. The number of nitrogens with one attached hydrogen (secondary N) is 1. The molecule has 0 radical (unpaired) electrons. The van der Waals surface area contributed by atoms with Crippen LogP contribution in [0.5, 0.6) is 0 Å². The summed E-state index contributed by atoms with van der Waals surface area (Å²) in [7, 11) is 0. The molecule has 3 aromatic rings. The maximum atomic E-state index is 12.9. The third-order valence-corrected chi connectivity index (χ3v) is 5.13. The van der Waals surface area contributed by atoms with Crippen molar-refractivity contribution < 1.29 is 4.79 Å². The number of aromatic nitrogens is 2. The highest BCUT2D eigenvalue weighted by Crippen LogP contribution is 2.42. The molecule has 4 rings (SSSR count). The summed E-state index contributed by atoms with van der Waals surface area (Å²) in [6.07, 6.45) is 6.00. The van der Waals surface area contributed by atoms with Gasteiger partial charge in [0.05, 0.1) is 23.1 Å². The molecule has 0 aliphatic heterocycles. The minimum absolute atomic E-state index is 0.0876. The zero-order valence-corrected chi connectivity index (χ0v) is 15.5. The molecule has 1 N–H and O–H groups in total. The van der Waals surface area contributed by atoms with Crippen molar-refractivity contribution in [1.82, 2.24) is 9.78 Å². The fourth-order valence-corrected chi connectivity index (χ4v) is 3.67. The third kappa shape index (κ3) is 3.53. The minimum Gasteiger partial charge on any atom is -0.322 e. The molecule has 4 nitrogen and oxygen atoms in total. The van der Waals surface area contributed by atoms with Crippen molar-refractivity contribution in [2.24, 2.45) is 0 Å². The second-order valence-electron chi connectivity index (χ2n) is 6.55. The van der Waals surface area contributed by atoms with E-state index in [2.05, 4.69) is 22.7 Å². The van der Waals surface area contributed by atoms with E-state index in [1.54, 1.807) is 18.0 Å². The number of rotatable bonds is 6. The van der Waals surface area contributed by atoms with Crippen LogP contribution in [0.15, 0.2) is 60.8 Å². The summed E-state index contributed by atoms with van der Waals surface area (Å²) in [5.41, 5.74) is 4.73. The number of carbonyl (C=O) groups excluding carboxylic acids is 1. The summed E-state index contributed by atoms with van der Waals surface area (Å²) >= 11 is 1.77. The molecular weight excluding hydrogens is 342 g/mol. The zero-order valence-electron chi connectivity index (χ0n) is 14.7. The SMILES string of the molecule is CSCc1cccc(NC(=O)c2cnn(-c3ccccc3)c2C2CC2)c1. The van der Waals surface area contributed by atoms with E-state index in [-0.39, 0.29) is 5.91 Å². The molecule has 1 fully saturated rings. The summed E-state index contributed by atoms with van der Waals surface area (Å²) in [4.78, 5) is 12.9. The first-order chi connectivity index (χ1) is 12.8. The summed E-state index contributed by atoms with van der Waals surface area (Å²) in [6, 6.07) is 18.0. The van der Waals surface area contributed by atoms with Gasteiger partial charge in [-0.2, -0.15) is 16.9 Å². The Labute approximate surface area is 157 Å². The number of thioether (sulfide) groups is 1. The lowest BCUT2D eigenvalue weighted by molar-refractivity contribution is 0.102. The molecule has 1 saturated carbocycles. The molecule has 0 spiro atoms. The van der Waals surface area contributed by atoms with Crippen molar-refractivity contribution in [2.75, 3.05) is 11.6 Å². The van der Waals surface area contributed by atoms with Crippen molar-refractivity contribution in [3.05, 3.63) is 77.6 Å². The van der Waals surface area contributed by atoms with Gasteiger partial charge < -0.3 is 5.32 Å². The van der Waals surface area contributed by atoms with Crippen molar-refractivity contribution in [2.45, 2.75) is 24.5 Å². The van der Waals surface area contributed by atoms with E-state index in [0.29, 0.717) is 11.5 Å². The van der Waals surface area contributed by atoms with Crippen LogP contribution in [-0.2, 0) is 5.75 Å². The van der Waals surface area contributed by atoms with Gasteiger partial charge >= 0.3 is 0 Å². The maximum Gasteiger partial charge on any atom is 0.259 e. The second kappa shape index (κ2) is 7.38. The molecule has 1 amide bonds. The zero-order chi connectivity index (χ0) is 17.9. The number of carbonyl (C=O) groups is 1. The number of nitrogens with zero attached hydrogens (tertiary/aromatic N) is 2. The topological polar surface area (TPSA) is 46.9 Å². The van der Waals surface area contributed by atoms with Gasteiger partial charge in [0.2, 0.25) is 0 Å². The van der Waals surface area contributed by atoms with Crippen LogP contribution >= 0.6 is 11.8 Å². The van der Waals surface area contributed by atoms with Crippen molar-refractivity contribution in [3.63, 3.8) is 0 Å². The third-order valence-electron chi connectivity index (χ3n) is 4.51. The monoisotopic (exact) mass is 363 g/mol. The average molecular weight is 363 g/mol. The molecule has 0 saturated heterocycles. The predicted octanol–water partition coefficient (Wildman–Crippen LogP) is 4.87. The van der Waals surface area contributed by atoms with Gasteiger partial charge in [0.15, 0.2) is 0 Å². The van der Waals surface area contributed by atoms with Crippen LogP contribution in [0.1, 0.15) is 40.4 Å². The molecule has 2 aromatic carbocycles. The van der Waals surface area contributed by atoms with E-state index in [0.717, 1.165) is 35.7 Å². The number of anilines is 1. The Kier molecular flexibility index (Phi) is 4.80. The van der Waals surface area contributed by atoms with E-state index in [4.69, 9.17) is 0 Å². The van der Waals surface area contributed by atoms with Crippen LogP contribution in [0.2, 0.25) is 0 Å². The van der Waals surface area contributed by atoms with Gasteiger partial charge in [0, 0.05) is 17.4 Å². The first-order valence-corrected chi connectivity index (χ1v) is 10.2. The lowest BCUT2D eigenvalue weighted by Gasteiger charge is -2.10. The summed E-state index contributed by atoms with van der Waals surface area (Å²) in [5, 5.41) is 7.55. The summed E-state index contributed by atoms with van der Waals surface area (Å²) < 4.78 is 1.91. The highest BCUT2D eigenvalue weighted by Gasteiger charge is 2.32.